The lowest BCUT2D eigenvalue weighted by molar-refractivity contribution is -0.120. The van der Waals surface area contributed by atoms with Crippen LogP contribution in [0.25, 0.3) is 10.9 Å². The van der Waals surface area contributed by atoms with Gasteiger partial charge in [0.15, 0.2) is 0 Å². The van der Waals surface area contributed by atoms with E-state index in [-0.39, 0.29) is 5.56 Å². The zero-order chi connectivity index (χ0) is 10.8. The van der Waals surface area contributed by atoms with Gasteiger partial charge in [-0.1, -0.05) is 12.1 Å². The summed E-state index contributed by atoms with van der Waals surface area (Å²) in [5.41, 5.74) is 0.535. The molecule has 0 spiro atoms. The monoisotopic (exact) mass is 203 g/mol. The average molecular weight is 203 g/mol. The topological polar surface area (TPSA) is 48.3 Å². The van der Waals surface area contributed by atoms with E-state index in [1.165, 1.54) is 10.6 Å². The molecule has 76 valence electrons. The van der Waals surface area contributed by atoms with Gasteiger partial charge in [-0.15, -0.1) is 0 Å². The molecule has 2 rings (SSSR count). The van der Waals surface area contributed by atoms with E-state index in [1.807, 2.05) is 12.1 Å². The van der Waals surface area contributed by atoms with Crippen LogP contribution in [0, 0.1) is 0 Å². The lowest BCUT2D eigenvalue weighted by Gasteiger charge is -2.07. The van der Waals surface area contributed by atoms with Crippen molar-refractivity contribution < 1.29 is 9.53 Å². The minimum Gasteiger partial charge on any atom is -0.428 e. The highest BCUT2D eigenvalue weighted by atomic mass is 16.5. The molecule has 0 saturated carbocycles. The van der Waals surface area contributed by atoms with Crippen LogP contribution in [-0.4, -0.2) is 11.0 Å². The molecule has 15 heavy (non-hydrogen) atoms. The van der Waals surface area contributed by atoms with Crippen LogP contribution < -0.4 is 10.3 Å². The Labute approximate surface area is 85.7 Å². The summed E-state index contributed by atoms with van der Waals surface area (Å²) in [6, 6.07) is 8.55. The number of nitrogens with zero attached hydrogens (tertiary/aromatic N) is 1. The highest BCUT2D eigenvalue weighted by molar-refractivity contribution is 5.86. The first-order valence-corrected chi connectivity index (χ1v) is 4.43. The number of fused-ring (bicyclic) bond motifs is 1. The van der Waals surface area contributed by atoms with Crippen LogP contribution in [0.4, 0.5) is 0 Å². The highest BCUT2D eigenvalue weighted by Crippen LogP contribution is 2.22. The molecular weight excluding hydrogens is 194 g/mol. The third-order valence-corrected chi connectivity index (χ3v) is 2.29. The van der Waals surface area contributed by atoms with Crippen molar-refractivity contribution in [1.82, 2.24) is 4.57 Å². The van der Waals surface area contributed by atoms with E-state index in [9.17, 15) is 9.59 Å². The number of rotatable bonds is 2. The molecular formula is C11H9NO3. The Morgan fingerprint density at radius 2 is 2.07 bits per heavy atom. The van der Waals surface area contributed by atoms with Crippen molar-refractivity contribution in [3.05, 3.63) is 40.7 Å². The summed E-state index contributed by atoms with van der Waals surface area (Å²) in [4.78, 5) is 21.8. The predicted molar refractivity (Wildman–Crippen MR) is 55.9 cm³/mol. The van der Waals surface area contributed by atoms with Gasteiger partial charge in [-0.2, -0.15) is 0 Å². The number of hydrogen-bond donors (Lipinski definition) is 0. The van der Waals surface area contributed by atoms with E-state index in [0.29, 0.717) is 12.2 Å². The first-order chi connectivity index (χ1) is 7.24. The van der Waals surface area contributed by atoms with Crippen molar-refractivity contribution in [3.8, 4) is 5.75 Å². The molecule has 1 aromatic heterocycles. The molecule has 4 heteroatoms. The molecule has 0 N–H and O–H groups in total. The van der Waals surface area contributed by atoms with E-state index in [2.05, 4.69) is 0 Å². The van der Waals surface area contributed by atoms with Crippen molar-refractivity contribution in [2.75, 3.05) is 0 Å². The number of aryl methyl sites for hydroxylation is 1. The normalized spacial score (nSPS) is 10.2. The van der Waals surface area contributed by atoms with E-state index in [4.69, 9.17) is 4.74 Å². The zero-order valence-corrected chi connectivity index (χ0v) is 8.14. The minimum atomic E-state index is -0.203. The molecule has 0 radical (unpaired) electrons. The Kier molecular flexibility index (Phi) is 2.25. The fourth-order valence-electron chi connectivity index (χ4n) is 1.53. The molecule has 2 aromatic rings. The maximum Gasteiger partial charge on any atom is 0.298 e. The van der Waals surface area contributed by atoms with Crippen LogP contribution in [0.5, 0.6) is 5.75 Å². The Bertz CT molecular complexity index is 572. The van der Waals surface area contributed by atoms with Crippen LogP contribution in [0.2, 0.25) is 0 Å². The number of hydrogen-bond acceptors (Lipinski definition) is 3. The van der Waals surface area contributed by atoms with Gasteiger partial charge in [0.1, 0.15) is 5.75 Å². The molecule has 0 amide bonds. The summed E-state index contributed by atoms with van der Waals surface area (Å²) in [5.74, 6) is 0.295. The first kappa shape index (κ1) is 9.45. The molecule has 0 saturated heterocycles. The van der Waals surface area contributed by atoms with Crippen LogP contribution in [0.1, 0.15) is 0 Å². The maximum absolute atomic E-state index is 11.5. The SMILES string of the molecule is Cn1c(=O)cc(OC=O)c2ccccc21. The van der Waals surface area contributed by atoms with Gasteiger partial charge in [-0.25, -0.2) is 0 Å². The molecule has 0 unspecified atom stereocenters. The largest absolute Gasteiger partial charge is 0.428 e. The molecule has 1 heterocycles. The zero-order valence-electron chi connectivity index (χ0n) is 8.14. The van der Waals surface area contributed by atoms with E-state index >= 15 is 0 Å². The number of ether oxygens (including phenoxy) is 1. The van der Waals surface area contributed by atoms with E-state index in [1.54, 1.807) is 19.2 Å². The van der Waals surface area contributed by atoms with E-state index in [0.717, 1.165) is 10.9 Å². The fraction of sp³-hybridized carbons (Fsp3) is 0.0909. The number of para-hydroxylation sites is 1. The summed E-state index contributed by atoms with van der Waals surface area (Å²) in [7, 11) is 1.68. The molecule has 0 fully saturated rings. The van der Waals surface area contributed by atoms with Crippen LogP contribution >= 0.6 is 0 Å². The van der Waals surface area contributed by atoms with Gasteiger partial charge in [0.05, 0.1) is 5.52 Å². The summed E-state index contributed by atoms with van der Waals surface area (Å²) in [6.45, 7) is 0.321. The van der Waals surface area contributed by atoms with Crippen molar-refractivity contribution in [2.24, 2.45) is 7.05 Å². The highest BCUT2D eigenvalue weighted by Gasteiger charge is 2.06. The number of carbonyl (C=O) groups is 1. The average Bonchev–Trinajstić information content (AvgIpc) is 2.26. The lowest BCUT2D eigenvalue weighted by atomic mass is 10.2. The third-order valence-electron chi connectivity index (χ3n) is 2.29. The summed E-state index contributed by atoms with van der Waals surface area (Å²) < 4.78 is 6.27. The van der Waals surface area contributed by atoms with Crippen molar-refractivity contribution in [1.29, 1.82) is 0 Å². The van der Waals surface area contributed by atoms with Gasteiger partial charge in [0, 0.05) is 18.5 Å². The fourth-order valence-corrected chi connectivity index (χ4v) is 1.53. The smallest absolute Gasteiger partial charge is 0.298 e. The molecule has 1 aromatic carbocycles. The second-order valence-electron chi connectivity index (χ2n) is 3.14. The first-order valence-electron chi connectivity index (χ1n) is 4.43. The Balaban J connectivity index is 2.87. The Morgan fingerprint density at radius 1 is 1.33 bits per heavy atom. The van der Waals surface area contributed by atoms with Crippen molar-refractivity contribution >= 4 is 17.4 Å². The van der Waals surface area contributed by atoms with Crippen LogP contribution in [-0.2, 0) is 11.8 Å². The number of pyridine rings is 1. The minimum absolute atomic E-state index is 0.203. The van der Waals surface area contributed by atoms with Gasteiger partial charge in [0.25, 0.3) is 12.0 Å². The predicted octanol–water partition coefficient (Wildman–Crippen LogP) is 1.07. The standard InChI is InChI=1S/C11H9NO3/c1-12-9-5-3-2-4-8(9)10(15-7-13)6-11(12)14/h2-7H,1H3. The second kappa shape index (κ2) is 3.57. The Morgan fingerprint density at radius 3 is 2.80 bits per heavy atom. The number of carbonyl (C=O) groups excluding carboxylic acids is 1. The van der Waals surface area contributed by atoms with Crippen LogP contribution in [0.15, 0.2) is 35.1 Å². The van der Waals surface area contributed by atoms with Gasteiger partial charge in [-0.05, 0) is 12.1 Å². The summed E-state index contributed by atoms with van der Waals surface area (Å²) in [6.07, 6.45) is 0. The van der Waals surface area contributed by atoms with Gasteiger partial charge in [-0.3, -0.25) is 9.59 Å². The maximum atomic E-state index is 11.5. The van der Waals surface area contributed by atoms with Gasteiger partial charge in [0.2, 0.25) is 0 Å². The second-order valence-corrected chi connectivity index (χ2v) is 3.14. The van der Waals surface area contributed by atoms with Crippen molar-refractivity contribution in [2.45, 2.75) is 0 Å². The van der Waals surface area contributed by atoms with Gasteiger partial charge >= 0.3 is 0 Å². The van der Waals surface area contributed by atoms with Gasteiger partial charge < -0.3 is 9.30 Å². The lowest BCUT2D eigenvalue weighted by Crippen LogP contribution is -2.16. The number of benzene rings is 1. The molecule has 0 aliphatic carbocycles. The van der Waals surface area contributed by atoms with Crippen molar-refractivity contribution in [3.63, 3.8) is 0 Å². The van der Waals surface area contributed by atoms with E-state index < -0.39 is 0 Å². The molecule has 4 nitrogen and oxygen atoms in total. The molecule has 0 aliphatic heterocycles. The number of aromatic nitrogens is 1. The summed E-state index contributed by atoms with van der Waals surface area (Å²) >= 11 is 0. The third kappa shape index (κ3) is 1.50. The Hall–Kier alpha value is -2.10. The molecule has 0 atom stereocenters. The summed E-state index contributed by atoms with van der Waals surface area (Å²) in [5, 5.41) is 0.742. The molecule has 0 aliphatic rings. The molecule has 0 bridgehead atoms. The van der Waals surface area contributed by atoms with Crippen LogP contribution in [0.3, 0.4) is 0 Å². The quantitative estimate of drug-likeness (QED) is 0.686.